The zero-order chi connectivity index (χ0) is 11.5. The van der Waals surface area contributed by atoms with Gasteiger partial charge in [0.2, 0.25) is 5.88 Å². The summed E-state index contributed by atoms with van der Waals surface area (Å²) in [6.07, 6.45) is 5.19. The van der Waals surface area contributed by atoms with E-state index in [1.807, 2.05) is 0 Å². The Kier molecular flexibility index (Phi) is 4.05. The van der Waals surface area contributed by atoms with Gasteiger partial charge in [-0.05, 0) is 47.8 Å². The van der Waals surface area contributed by atoms with Gasteiger partial charge in [0.1, 0.15) is 11.1 Å². The molecule has 3 nitrogen and oxygen atoms in total. The summed E-state index contributed by atoms with van der Waals surface area (Å²) in [7, 11) is 0. The number of pyridine rings is 1. The lowest BCUT2D eigenvalue weighted by Crippen LogP contribution is -2.28. The average molecular weight is 306 g/mol. The van der Waals surface area contributed by atoms with Crippen molar-refractivity contribution in [2.75, 3.05) is 6.54 Å². The monoisotopic (exact) mass is 304 g/mol. The second kappa shape index (κ2) is 5.34. The molecule has 1 saturated carbocycles. The third kappa shape index (κ3) is 2.67. The molecule has 1 aromatic heterocycles. The molecule has 2 rings (SSSR count). The van der Waals surface area contributed by atoms with Gasteiger partial charge in [0.15, 0.2) is 0 Å². The molecular formula is C11H14BrClN2O. The van der Waals surface area contributed by atoms with E-state index in [1.54, 1.807) is 12.3 Å². The number of hydrogen-bond acceptors (Lipinski definition) is 3. The molecule has 1 aliphatic rings. The van der Waals surface area contributed by atoms with E-state index < -0.39 is 0 Å². The van der Waals surface area contributed by atoms with E-state index in [-0.39, 0.29) is 6.10 Å². The Morgan fingerprint density at radius 1 is 1.56 bits per heavy atom. The summed E-state index contributed by atoms with van der Waals surface area (Å²) in [4.78, 5) is 4.17. The molecule has 1 aliphatic carbocycles. The number of hydrogen-bond donors (Lipinski definition) is 1. The topological polar surface area (TPSA) is 48.1 Å². The van der Waals surface area contributed by atoms with Gasteiger partial charge in [0.25, 0.3) is 0 Å². The maximum atomic E-state index is 6.05. The van der Waals surface area contributed by atoms with Crippen LogP contribution in [-0.4, -0.2) is 17.6 Å². The van der Waals surface area contributed by atoms with Crippen molar-refractivity contribution in [1.29, 1.82) is 0 Å². The standard InChI is InChI=1S/C11H14BrClN2O/c12-8-4-9(13)11(15-6-8)16-10-3-1-2-7(10)5-14/h4,6-7,10H,1-3,5,14H2. The van der Waals surface area contributed by atoms with Crippen LogP contribution in [-0.2, 0) is 0 Å². The van der Waals surface area contributed by atoms with Crippen LogP contribution in [0.25, 0.3) is 0 Å². The smallest absolute Gasteiger partial charge is 0.232 e. The molecule has 5 heteroatoms. The molecule has 0 radical (unpaired) electrons. The molecule has 16 heavy (non-hydrogen) atoms. The Morgan fingerprint density at radius 2 is 2.38 bits per heavy atom. The van der Waals surface area contributed by atoms with E-state index in [0.717, 1.165) is 17.3 Å². The molecule has 2 atom stereocenters. The number of rotatable bonds is 3. The normalized spacial score (nSPS) is 24.7. The van der Waals surface area contributed by atoms with Gasteiger partial charge in [-0.15, -0.1) is 0 Å². The predicted octanol–water partition coefficient (Wildman–Crippen LogP) is 3.00. The molecule has 0 spiro atoms. The number of ether oxygens (including phenoxy) is 1. The molecule has 2 N–H and O–H groups in total. The Labute approximate surface area is 108 Å². The average Bonchev–Trinajstić information content (AvgIpc) is 2.69. The predicted molar refractivity (Wildman–Crippen MR) is 67.8 cm³/mol. The van der Waals surface area contributed by atoms with Gasteiger partial charge >= 0.3 is 0 Å². The van der Waals surface area contributed by atoms with Crippen LogP contribution >= 0.6 is 27.5 Å². The van der Waals surface area contributed by atoms with Crippen molar-refractivity contribution >= 4 is 27.5 Å². The molecule has 0 saturated heterocycles. The highest BCUT2D eigenvalue weighted by Crippen LogP contribution is 2.32. The van der Waals surface area contributed by atoms with E-state index in [9.17, 15) is 0 Å². The van der Waals surface area contributed by atoms with Gasteiger partial charge in [0.05, 0.1) is 0 Å². The Hall–Kier alpha value is -0.320. The SMILES string of the molecule is NCC1CCCC1Oc1ncc(Br)cc1Cl. The Morgan fingerprint density at radius 3 is 3.06 bits per heavy atom. The zero-order valence-electron chi connectivity index (χ0n) is 8.83. The van der Waals surface area contributed by atoms with E-state index in [0.29, 0.717) is 23.4 Å². The first-order valence-electron chi connectivity index (χ1n) is 5.38. The quantitative estimate of drug-likeness (QED) is 0.934. The van der Waals surface area contributed by atoms with Crippen LogP contribution < -0.4 is 10.5 Å². The van der Waals surface area contributed by atoms with Crippen molar-refractivity contribution in [2.24, 2.45) is 11.7 Å². The third-order valence-electron chi connectivity index (χ3n) is 2.93. The molecule has 1 heterocycles. The summed E-state index contributed by atoms with van der Waals surface area (Å²) in [6.45, 7) is 0.665. The number of halogens is 2. The van der Waals surface area contributed by atoms with E-state index >= 15 is 0 Å². The first-order chi connectivity index (χ1) is 7.70. The molecule has 0 bridgehead atoms. The highest BCUT2D eigenvalue weighted by Gasteiger charge is 2.28. The van der Waals surface area contributed by atoms with Gasteiger partial charge in [-0.2, -0.15) is 0 Å². The van der Waals surface area contributed by atoms with Gasteiger partial charge in [0, 0.05) is 16.6 Å². The van der Waals surface area contributed by atoms with Crippen LogP contribution in [0.5, 0.6) is 5.88 Å². The van der Waals surface area contributed by atoms with Crippen LogP contribution in [0.4, 0.5) is 0 Å². The maximum absolute atomic E-state index is 6.05. The first-order valence-corrected chi connectivity index (χ1v) is 6.55. The molecule has 2 unspecified atom stereocenters. The third-order valence-corrected chi connectivity index (χ3v) is 3.63. The zero-order valence-corrected chi connectivity index (χ0v) is 11.2. The first kappa shape index (κ1) is 12.1. The van der Waals surface area contributed by atoms with E-state index in [2.05, 4.69) is 20.9 Å². The fourth-order valence-corrected chi connectivity index (χ4v) is 2.73. The van der Waals surface area contributed by atoms with Crippen molar-refractivity contribution in [1.82, 2.24) is 4.98 Å². The molecule has 0 amide bonds. The van der Waals surface area contributed by atoms with Crippen LogP contribution in [0.3, 0.4) is 0 Å². The summed E-state index contributed by atoms with van der Waals surface area (Å²) >= 11 is 9.36. The molecule has 0 aliphatic heterocycles. The van der Waals surface area contributed by atoms with Gasteiger partial charge in [-0.1, -0.05) is 11.6 Å². The number of aromatic nitrogens is 1. The van der Waals surface area contributed by atoms with Crippen molar-refractivity contribution in [3.05, 3.63) is 21.8 Å². The van der Waals surface area contributed by atoms with Crippen molar-refractivity contribution in [3.63, 3.8) is 0 Å². The summed E-state index contributed by atoms with van der Waals surface area (Å²) in [6, 6.07) is 1.79. The van der Waals surface area contributed by atoms with Crippen molar-refractivity contribution < 1.29 is 4.74 Å². The highest BCUT2D eigenvalue weighted by molar-refractivity contribution is 9.10. The maximum Gasteiger partial charge on any atom is 0.232 e. The minimum absolute atomic E-state index is 0.163. The fourth-order valence-electron chi connectivity index (χ4n) is 2.06. The second-order valence-electron chi connectivity index (χ2n) is 4.02. The van der Waals surface area contributed by atoms with Gasteiger partial charge in [-0.25, -0.2) is 4.98 Å². The van der Waals surface area contributed by atoms with Crippen LogP contribution in [0.2, 0.25) is 5.02 Å². The molecule has 88 valence electrons. The van der Waals surface area contributed by atoms with Crippen molar-refractivity contribution in [2.45, 2.75) is 25.4 Å². The van der Waals surface area contributed by atoms with Crippen LogP contribution in [0, 0.1) is 5.92 Å². The summed E-state index contributed by atoms with van der Waals surface area (Å²) in [5.74, 6) is 0.941. The fraction of sp³-hybridized carbons (Fsp3) is 0.545. The largest absolute Gasteiger partial charge is 0.473 e. The molecule has 1 fully saturated rings. The minimum Gasteiger partial charge on any atom is -0.473 e. The lowest BCUT2D eigenvalue weighted by Gasteiger charge is -2.19. The summed E-state index contributed by atoms with van der Waals surface area (Å²) in [5, 5.41) is 0.539. The number of nitrogens with zero attached hydrogens (tertiary/aromatic N) is 1. The van der Waals surface area contributed by atoms with Gasteiger partial charge < -0.3 is 10.5 Å². The Balaban J connectivity index is 2.08. The summed E-state index contributed by atoms with van der Waals surface area (Å²) in [5.41, 5.74) is 5.70. The lowest BCUT2D eigenvalue weighted by molar-refractivity contribution is 0.155. The van der Waals surface area contributed by atoms with Crippen LogP contribution in [0.1, 0.15) is 19.3 Å². The second-order valence-corrected chi connectivity index (χ2v) is 5.35. The molecular weight excluding hydrogens is 291 g/mol. The number of nitrogens with two attached hydrogens (primary N) is 1. The van der Waals surface area contributed by atoms with E-state index in [4.69, 9.17) is 22.1 Å². The molecule has 1 aromatic rings. The molecule has 0 aromatic carbocycles. The lowest BCUT2D eigenvalue weighted by atomic mass is 10.1. The Bertz CT molecular complexity index is 375. The van der Waals surface area contributed by atoms with Crippen LogP contribution in [0.15, 0.2) is 16.7 Å². The van der Waals surface area contributed by atoms with Gasteiger partial charge in [-0.3, -0.25) is 0 Å². The van der Waals surface area contributed by atoms with Crippen molar-refractivity contribution in [3.8, 4) is 5.88 Å². The highest BCUT2D eigenvalue weighted by atomic mass is 79.9. The minimum atomic E-state index is 0.163. The van der Waals surface area contributed by atoms with E-state index in [1.165, 1.54) is 6.42 Å². The summed E-state index contributed by atoms with van der Waals surface area (Å²) < 4.78 is 6.67.